The Balaban J connectivity index is 1.88. The molecule has 3 rings (SSSR count). The highest BCUT2D eigenvalue weighted by atomic mass is 16.5. The topological polar surface area (TPSA) is 78.9 Å². The van der Waals surface area contributed by atoms with Crippen LogP contribution in [0.25, 0.3) is 0 Å². The van der Waals surface area contributed by atoms with Crippen molar-refractivity contribution in [2.45, 2.75) is 18.9 Å². The molecule has 2 N–H and O–H groups in total. The predicted octanol–water partition coefficient (Wildman–Crippen LogP) is 0.865. The first-order chi connectivity index (χ1) is 10.2. The van der Waals surface area contributed by atoms with E-state index in [0.717, 1.165) is 19.4 Å². The molecular weight excluding hydrogens is 272 g/mol. The Bertz CT molecular complexity index is 554. The van der Waals surface area contributed by atoms with Crippen LogP contribution < -0.4 is 15.0 Å². The number of nitrogens with one attached hydrogen (secondary N) is 1. The summed E-state index contributed by atoms with van der Waals surface area (Å²) in [5, 5.41) is 12.4. The molecule has 1 fully saturated rings. The van der Waals surface area contributed by atoms with Crippen molar-refractivity contribution >= 4 is 17.6 Å². The number of carbonyl (C=O) groups excluding carboxylic acids is 1. The van der Waals surface area contributed by atoms with E-state index in [1.54, 1.807) is 23.1 Å². The van der Waals surface area contributed by atoms with Gasteiger partial charge in [-0.1, -0.05) is 12.1 Å². The van der Waals surface area contributed by atoms with Gasteiger partial charge in [0.15, 0.2) is 0 Å². The third-order valence-corrected chi connectivity index (χ3v) is 3.96. The van der Waals surface area contributed by atoms with E-state index in [4.69, 9.17) is 4.74 Å². The summed E-state index contributed by atoms with van der Waals surface area (Å²) < 4.78 is 5.45. The van der Waals surface area contributed by atoms with E-state index >= 15 is 0 Å². The van der Waals surface area contributed by atoms with Crippen molar-refractivity contribution in [3.05, 3.63) is 24.3 Å². The molecule has 0 bridgehead atoms. The van der Waals surface area contributed by atoms with Crippen LogP contribution in [0.1, 0.15) is 12.8 Å². The molecule has 21 heavy (non-hydrogen) atoms. The minimum Gasteiger partial charge on any atom is -0.478 e. The van der Waals surface area contributed by atoms with Crippen LogP contribution in [0.5, 0.6) is 5.75 Å². The van der Waals surface area contributed by atoms with Crippen LogP contribution in [0.3, 0.4) is 0 Å². The first kappa shape index (κ1) is 13.9. The van der Waals surface area contributed by atoms with Gasteiger partial charge in [-0.3, -0.25) is 4.79 Å². The number of amides is 1. The van der Waals surface area contributed by atoms with Crippen LogP contribution in [0.4, 0.5) is 5.69 Å². The summed E-state index contributed by atoms with van der Waals surface area (Å²) in [5.41, 5.74) is 0.658. The molecule has 6 nitrogen and oxygen atoms in total. The number of hydrogen-bond donors (Lipinski definition) is 2. The maximum absolute atomic E-state index is 12.7. The molecule has 0 aromatic heterocycles. The Morgan fingerprint density at radius 2 is 2.14 bits per heavy atom. The highest BCUT2D eigenvalue weighted by molar-refractivity contribution is 5.98. The average Bonchev–Trinajstić information content (AvgIpc) is 2.54. The maximum Gasteiger partial charge on any atom is 0.346 e. The van der Waals surface area contributed by atoms with E-state index in [1.807, 2.05) is 6.07 Å². The Hall–Kier alpha value is -2.08. The van der Waals surface area contributed by atoms with E-state index in [9.17, 15) is 14.7 Å². The van der Waals surface area contributed by atoms with Crippen LogP contribution in [0.15, 0.2) is 24.3 Å². The standard InChI is InChI=1S/C15H18N2O4/c18-14(10-4-3-7-16-8-10)17-9-13(15(19)20)21-12-6-2-1-5-11(12)17/h1-2,5-6,10,13,16H,3-4,7-9H2,(H,19,20)/t10-,13?/m0/s1. The lowest BCUT2D eigenvalue weighted by molar-refractivity contribution is -0.145. The largest absolute Gasteiger partial charge is 0.478 e. The zero-order valence-electron chi connectivity index (χ0n) is 11.6. The minimum absolute atomic E-state index is 0.0239. The predicted molar refractivity (Wildman–Crippen MR) is 76.4 cm³/mol. The number of rotatable bonds is 2. The molecule has 1 aromatic carbocycles. The summed E-state index contributed by atoms with van der Waals surface area (Å²) in [7, 11) is 0. The zero-order chi connectivity index (χ0) is 14.8. The molecule has 2 heterocycles. The Labute approximate surface area is 122 Å². The molecule has 2 atom stereocenters. The van der Waals surface area contributed by atoms with Crippen molar-refractivity contribution in [1.82, 2.24) is 5.32 Å². The van der Waals surface area contributed by atoms with Gasteiger partial charge in [-0.2, -0.15) is 0 Å². The Morgan fingerprint density at radius 1 is 1.33 bits per heavy atom. The molecule has 1 amide bonds. The third-order valence-electron chi connectivity index (χ3n) is 3.96. The number of carboxylic acids is 1. The van der Waals surface area contributed by atoms with Crippen molar-refractivity contribution in [2.24, 2.45) is 5.92 Å². The fourth-order valence-electron chi connectivity index (χ4n) is 2.85. The van der Waals surface area contributed by atoms with Gasteiger partial charge in [-0.25, -0.2) is 4.79 Å². The molecule has 0 radical (unpaired) electrons. The highest BCUT2D eigenvalue weighted by Gasteiger charge is 2.36. The number of carbonyl (C=O) groups is 2. The van der Waals surface area contributed by atoms with Crippen molar-refractivity contribution < 1.29 is 19.4 Å². The van der Waals surface area contributed by atoms with Gasteiger partial charge in [0.2, 0.25) is 12.0 Å². The maximum atomic E-state index is 12.7. The number of piperidine rings is 1. The number of nitrogens with zero attached hydrogens (tertiary/aromatic N) is 1. The molecule has 2 aliphatic heterocycles. The second-order valence-corrected chi connectivity index (χ2v) is 5.40. The summed E-state index contributed by atoms with van der Waals surface area (Å²) in [6.07, 6.45) is 0.786. The van der Waals surface area contributed by atoms with Gasteiger partial charge in [0.1, 0.15) is 5.75 Å². The van der Waals surface area contributed by atoms with Crippen molar-refractivity contribution in [3.8, 4) is 5.75 Å². The highest BCUT2D eigenvalue weighted by Crippen LogP contribution is 2.34. The monoisotopic (exact) mass is 290 g/mol. The number of para-hydroxylation sites is 2. The molecule has 0 spiro atoms. The van der Waals surface area contributed by atoms with Gasteiger partial charge in [0.25, 0.3) is 0 Å². The fraction of sp³-hybridized carbons (Fsp3) is 0.467. The number of carboxylic acid groups (broad SMARTS) is 1. The van der Waals surface area contributed by atoms with Gasteiger partial charge in [0.05, 0.1) is 18.2 Å². The van der Waals surface area contributed by atoms with Crippen LogP contribution in [0.2, 0.25) is 0 Å². The van der Waals surface area contributed by atoms with Gasteiger partial charge in [-0.15, -0.1) is 0 Å². The Kier molecular flexibility index (Phi) is 3.79. The molecule has 1 unspecified atom stereocenters. The number of ether oxygens (including phenoxy) is 1. The molecule has 0 aliphatic carbocycles. The van der Waals surface area contributed by atoms with Crippen LogP contribution in [0, 0.1) is 5.92 Å². The van der Waals surface area contributed by atoms with E-state index < -0.39 is 12.1 Å². The number of hydrogen-bond acceptors (Lipinski definition) is 4. The van der Waals surface area contributed by atoms with E-state index in [1.165, 1.54) is 0 Å². The van der Waals surface area contributed by atoms with Crippen LogP contribution >= 0.6 is 0 Å². The molecule has 1 aromatic rings. The minimum atomic E-state index is -1.05. The van der Waals surface area contributed by atoms with Crippen molar-refractivity contribution in [1.29, 1.82) is 0 Å². The second-order valence-electron chi connectivity index (χ2n) is 5.40. The summed E-state index contributed by atoms with van der Waals surface area (Å²) in [6.45, 7) is 1.64. The normalized spacial score (nSPS) is 24.9. The van der Waals surface area contributed by atoms with E-state index in [-0.39, 0.29) is 18.4 Å². The first-order valence-electron chi connectivity index (χ1n) is 7.17. The summed E-state index contributed by atoms with van der Waals surface area (Å²) in [5.74, 6) is -0.721. The number of benzene rings is 1. The van der Waals surface area contributed by atoms with E-state index in [2.05, 4.69) is 5.32 Å². The molecule has 1 saturated heterocycles. The molecule has 6 heteroatoms. The van der Waals surface area contributed by atoms with Gasteiger partial charge in [0, 0.05) is 6.54 Å². The second kappa shape index (κ2) is 5.73. The van der Waals surface area contributed by atoms with Crippen molar-refractivity contribution in [2.75, 3.05) is 24.5 Å². The number of fused-ring (bicyclic) bond motifs is 1. The molecule has 0 saturated carbocycles. The van der Waals surface area contributed by atoms with Gasteiger partial charge < -0.3 is 20.1 Å². The smallest absolute Gasteiger partial charge is 0.346 e. The fourth-order valence-corrected chi connectivity index (χ4v) is 2.85. The van der Waals surface area contributed by atoms with Crippen LogP contribution in [-0.2, 0) is 9.59 Å². The van der Waals surface area contributed by atoms with Gasteiger partial charge >= 0.3 is 5.97 Å². The third kappa shape index (κ3) is 2.71. The quantitative estimate of drug-likeness (QED) is 0.845. The summed E-state index contributed by atoms with van der Waals surface area (Å²) in [4.78, 5) is 25.5. The lowest BCUT2D eigenvalue weighted by Gasteiger charge is -2.36. The number of anilines is 1. The average molecular weight is 290 g/mol. The number of aliphatic carboxylic acids is 1. The zero-order valence-corrected chi connectivity index (χ0v) is 11.6. The van der Waals surface area contributed by atoms with Crippen LogP contribution in [-0.4, -0.2) is 42.7 Å². The van der Waals surface area contributed by atoms with Gasteiger partial charge in [-0.05, 0) is 31.5 Å². The molecular formula is C15H18N2O4. The molecule has 112 valence electrons. The summed E-state index contributed by atoms with van der Waals surface area (Å²) in [6, 6.07) is 7.09. The summed E-state index contributed by atoms with van der Waals surface area (Å²) >= 11 is 0. The first-order valence-corrected chi connectivity index (χ1v) is 7.17. The molecule has 2 aliphatic rings. The lowest BCUT2D eigenvalue weighted by Crippen LogP contribution is -2.51. The lowest BCUT2D eigenvalue weighted by atomic mass is 9.97. The van der Waals surface area contributed by atoms with E-state index in [0.29, 0.717) is 18.0 Å². The Morgan fingerprint density at radius 3 is 2.86 bits per heavy atom. The SMILES string of the molecule is O=C(O)C1CN(C(=O)[C@H]2CCCNC2)c2ccccc2O1. The van der Waals surface area contributed by atoms with Crippen molar-refractivity contribution in [3.63, 3.8) is 0 Å².